The van der Waals surface area contributed by atoms with Crippen molar-refractivity contribution in [2.45, 2.75) is 109 Å². The molecule has 27 heavy (non-hydrogen) atoms. The minimum atomic E-state index is -1.94. The van der Waals surface area contributed by atoms with E-state index in [-0.39, 0.29) is 35.0 Å². The Kier molecular flexibility index (Phi) is 8.56. The highest BCUT2D eigenvalue weighted by atomic mass is 28.4. The summed E-state index contributed by atoms with van der Waals surface area (Å²) in [6.45, 7) is 23.2. The van der Waals surface area contributed by atoms with E-state index in [0.717, 1.165) is 12.8 Å². The Morgan fingerprint density at radius 1 is 0.926 bits per heavy atom. The third kappa shape index (κ3) is 7.09. The number of hydrogen-bond acceptors (Lipinski definition) is 4. The summed E-state index contributed by atoms with van der Waals surface area (Å²) >= 11 is 0. The molecule has 1 N–H and O–H groups in total. The van der Waals surface area contributed by atoms with Gasteiger partial charge in [0.1, 0.15) is 6.10 Å². The summed E-state index contributed by atoms with van der Waals surface area (Å²) in [4.78, 5) is 0. The van der Waals surface area contributed by atoms with Crippen LogP contribution in [0, 0.1) is 0 Å². The molecule has 160 valence electrons. The second-order valence-electron chi connectivity index (χ2n) is 10.9. The van der Waals surface area contributed by atoms with Crippen molar-refractivity contribution in [2.75, 3.05) is 13.2 Å². The molecule has 0 aromatic rings. The van der Waals surface area contributed by atoms with Crippen LogP contribution in [0.3, 0.4) is 0 Å². The molecule has 1 aliphatic heterocycles. The zero-order valence-electron chi connectivity index (χ0n) is 19.4. The molecular formula is C21H44O4Si2. The Morgan fingerprint density at radius 3 is 1.93 bits per heavy atom. The van der Waals surface area contributed by atoms with Crippen molar-refractivity contribution in [1.29, 1.82) is 0 Å². The lowest BCUT2D eigenvalue weighted by molar-refractivity contribution is -0.104. The molecule has 0 radical (unpaired) electrons. The molecule has 0 fully saturated rings. The molecule has 0 aromatic heterocycles. The largest absolute Gasteiger partial charge is 0.414 e. The van der Waals surface area contributed by atoms with Crippen molar-refractivity contribution in [3.63, 3.8) is 0 Å². The van der Waals surface area contributed by atoms with Crippen LogP contribution in [0.4, 0.5) is 0 Å². The van der Waals surface area contributed by atoms with Crippen LogP contribution in [-0.2, 0) is 13.6 Å². The normalized spacial score (nSPS) is 27.1. The first-order valence-corrected chi connectivity index (χ1v) is 16.2. The number of rotatable bonds is 6. The van der Waals surface area contributed by atoms with Crippen LogP contribution in [0.1, 0.15) is 54.4 Å². The van der Waals surface area contributed by atoms with Crippen molar-refractivity contribution in [3.8, 4) is 0 Å². The summed E-state index contributed by atoms with van der Waals surface area (Å²) in [5, 5.41) is 10.0. The van der Waals surface area contributed by atoms with E-state index < -0.39 is 16.6 Å². The van der Waals surface area contributed by atoms with Crippen LogP contribution in [0.25, 0.3) is 0 Å². The Hall–Kier alpha value is 0.0138. The van der Waals surface area contributed by atoms with Gasteiger partial charge >= 0.3 is 0 Å². The lowest BCUT2D eigenvalue weighted by Gasteiger charge is -2.43. The summed E-state index contributed by atoms with van der Waals surface area (Å²) < 4.78 is 19.6. The lowest BCUT2D eigenvalue weighted by atomic mass is 10.1. The lowest BCUT2D eigenvalue weighted by Crippen LogP contribution is -2.51. The predicted molar refractivity (Wildman–Crippen MR) is 119 cm³/mol. The zero-order chi connectivity index (χ0) is 21.1. The number of ether oxygens (including phenoxy) is 1. The molecule has 0 saturated heterocycles. The minimum Gasteiger partial charge on any atom is -0.414 e. The summed E-state index contributed by atoms with van der Waals surface area (Å²) in [5.41, 5.74) is 0. The molecule has 0 spiro atoms. The van der Waals surface area contributed by atoms with E-state index in [1.54, 1.807) is 0 Å². The molecule has 4 nitrogen and oxygen atoms in total. The maximum absolute atomic E-state index is 9.71. The fourth-order valence-electron chi connectivity index (χ4n) is 2.47. The summed E-state index contributed by atoms with van der Waals surface area (Å²) in [6.07, 6.45) is 5.46. The van der Waals surface area contributed by atoms with E-state index >= 15 is 0 Å². The Labute approximate surface area is 169 Å². The van der Waals surface area contributed by atoms with E-state index in [9.17, 15) is 5.11 Å². The van der Waals surface area contributed by atoms with Crippen molar-refractivity contribution >= 4 is 16.6 Å². The molecule has 0 saturated carbocycles. The van der Waals surface area contributed by atoms with Gasteiger partial charge < -0.3 is 18.7 Å². The van der Waals surface area contributed by atoms with Gasteiger partial charge in [0.25, 0.3) is 0 Å². The van der Waals surface area contributed by atoms with Gasteiger partial charge in [-0.25, -0.2) is 0 Å². The van der Waals surface area contributed by atoms with Crippen LogP contribution in [0.2, 0.25) is 36.3 Å². The third-order valence-electron chi connectivity index (χ3n) is 6.59. The van der Waals surface area contributed by atoms with Gasteiger partial charge in [-0.1, -0.05) is 53.7 Å². The maximum Gasteiger partial charge on any atom is 0.192 e. The highest BCUT2D eigenvalue weighted by Crippen LogP contribution is 2.40. The molecule has 1 rings (SSSR count). The highest BCUT2D eigenvalue weighted by molar-refractivity contribution is 6.74. The first-order chi connectivity index (χ1) is 12.1. The summed E-state index contributed by atoms with van der Waals surface area (Å²) in [5.74, 6) is 0. The second kappa shape index (κ2) is 9.22. The van der Waals surface area contributed by atoms with Crippen molar-refractivity contribution in [3.05, 3.63) is 12.2 Å². The number of aliphatic hydroxyl groups excluding tert-OH is 1. The van der Waals surface area contributed by atoms with Crippen LogP contribution < -0.4 is 0 Å². The fraction of sp³-hybridized carbons (Fsp3) is 0.905. The molecule has 3 atom stereocenters. The van der Waals surface area contributed by atoms with E-state index in [2.05, 4.69) is 79.9 Å². The summed E-state index contributed by atoms with van der Waals surface area (Å²) in [7, 11) is -3.82. The third-order valence-corrected chi connectivity index (χ3v) is 15.6. The van der Waals surface area contributed by atoms with E-state index in [1.165, 1.54) is 0 Å². The smallest absolute Gasteiger partial charge is 0.192 e. The van der Waals surface area contributed by atoms with Gasteiger partial charge in [0.15, 0.2) is 16.6 Å². The monoisotopic (exact) mass is 416 g/mol. The summed E-state index contributed by atoms with van der Waals surface area (Å²) in [6, 6.07) is 0. The van der Waals surface area contributed by atoms with Crippen LogP contribution in [0.15, 0.2) is 12.2 Å². The van der Waals surface area contributed by atoms with Gasteiger partial charge in [-0.2, -0.15) is 0 Å². The van der Waals surface area contributed by atoms with Crippen LogP contribution >= 0.6 is 0 Å². The minimum absolute atomic E-state index is 0.0216. The quantitative estimate of drug-likeness (QED) is 0.459. The molecule has 0 unspecified atom stereocenters. The zero-order valence-corrected chi connectivity index (χ0v) is 21.4. The van der Waals surface area contributed by atoms with Crippen LogP contribution in [0.5, 0.6) is 0 Å². The first kappa shape index (κ1) is 25.1. The van der Waals surface area contributed by atoms with Crippen molar-refractivity contribution < 1.29 is 18.7 Å². The van der Waals surface area contributed by atoms with Gasteiger partial charge in [-0.3, -0.25) is 0 Å². The Bertz CT molecular complexity index is 489. The topological polar surface area (TPSA) is 47.9 Å². The van der Waals surface area contributed by atoms with Crippen molar-refractivity contribution in [2.24, 2.45) is 0 Å². The second-order valence-corrected chi connectivity index (χ2v) is 20.5. The Morgan fingerprint density at radius 2 is 1.44 bits per heavy atom. The average molecular weight is 417 g/mol. The molecule has 1 aliphatic rings. The maximum atomic E-state index is 9.71. The van der Waals surface area contributed by atoms with E-state index in [4.69, 9.17) is 13.6 Å². The first-order valence-electron chi connectivity index (χ1n) is 10.3. The molecule has 0 aromatic carbocycles. The molecule has 1 heterocycles. The highest BCUT2D eigenvalue weighted by Gasteiger charge is 2.43. The van der Waals surface area contributed by atoms with Crippen LogP contribution in [-0.4, -0.2) is 53.3 Å². The number of aliphatic hydroxyl groups is 1. The number of hydrogen-bond donors (Lipinski definition) is 1. The van der Waals surface area contributed by atoms with Gasteiger partial charge in [0.2, 0.25) is 0 Å². The van der Waals surface area contributed by atoms with Gasteiger partial charge in [-0.15, -0.1) is 0 Å². The molecule has 0 amide bonds. The van der Waals surface area contributed by atoms with E-state index in [1.807, 2.05) is 0 Å². The molecule has 0 bridgehead atoms. The fourth-order valence-corrected chi connectivity index (χ4v) is 4.84. The van der Waals surface area contributed by atoms with Gasteiger partial charge in [0.05, 0.1) is 25.4 Å². The standard InChI is InChI=1S/C21H44O4Si2/c1-20(2,3)26(7,8)23-16-19-18(25-27(9,10)21(4,5)6)14-12-11-13-17(15-22)24-19/h11-12,17-19,22H,13-16H2,1-10H3/b12-11-/t17-,18+,19+/m1/s1. The van der Waals surface area contributed by atoms with Gasteiger partial charge in [-0.05, 0) is 49.1 Å². The molecular weight excluding hydrogens is 372 g/mol. The van der Waals surface area contributed by atoms with Gasteiger partial charge in [0, 0.05) is 0 Å². The van der Waals surface area contributed by atoms with E-state index in [0.29, 0.717) is 6.61 Å². The molecule has 6 heteroatoms. The average Bonchev–Trinajstić information content (AvgIpc) is 2.47. The predicted octanol–water partition coefficient (Wildman–Crippen LogP) is 5.49. The Balaban J connectivity index is 3.03. The molecule has 0 aliphatic carbocycles. The van der Waals surface area contributed by atoms with Crippen molar-refractivity contribution in [1.82, 2.24) is 0 Å². The SMILES string of the molecule is CC(C)(C)[Si](C)(C)OC[C@@H]1O[C@@H](CO)C/C=C\C[C@@H]1O[Si](C)(C)C(C)(C)C.